The first-order valence-electron chi connectivity index (χ1n) is 8.35. The van der Waals surface area contributed by atoms with Crippen LogP contribution >= 0.6 is 0 Å². The average molecular weight is 324 g/mol. The zero-order chi connectivity index (χ0) is 16.4. The Hall–Kier alpha value is 0.350. The van der Waals surface area contributed by atoms with E-state index in [-0.39, 0.29) is 29.6 Å². The van der Waals surface area contributed by atoms with Gasteiger partial charge in [-0.1, -0.05) is 71.1 Å². The molecule has 126 valence electrons. The van der Waals surface area contributed by atoms with Crippen LogP contribution < -0.4 is 46.8 Å². The second-order valence-electron chi connectivity index (χ2n) is 6.49. The Morgan fingerprint density at radius 2 is 1.23 bits per heavy atom. The molecule has 22 heavy (non-hydrogen) atoms. The van der Waals surface area contributed by atoms with Gasteiger partial charge in [-0.3, -0.25) is 4.79 Å². The van der Waals surface area contributed by atoms with E-state index in [0.29, 0.717) is 6.42 Å². The van der Waals surface area contributed by atoms with Crippen molar-refractivity contribution in [2.24, 2.45) is 17.2 Å². The molecular formula is C16H35N3NaO2+. The van der Waals surface area contributed by atoms with Gasteiger partial charge in [0.15, 0.2) is 0 Å². The summed E-state index contributed by atoms with van der Waals surface area (Å²) >= 11 is 0. The van der Waals surface area contributed by atoms with Crippen molar-refractivity contribution in [2.75, 3.05) is 0 Å². The van der Waals surface area contributed by atoms with Gasteiger partial charge in [0.05, 0.1) is 5.66 Å². The number of nitrogens with two attached hydrogens (primary N) is 3. The Labute approximate surface area is 158 Å². The topological polar surface area (TPSA) is 115 Å². The van der Waals surface area contributed by atoms with Gasteiger partial charge in [-0.2, -0.15) is 0 Å². The summed E-state index contributed by atoms with van der Waals surface area (Å²) in [5, 5.41) is 9.23. The smallest absolute Gasteiger partial charge is 0.480 e. The molecule has 0 aliphatic carbocycles. The molecule has 0 aromatic heterocycles. The van der Waals surface area contributed by atoms with E-state index in [2.05, 4.69) is 6.92 Å². The third kappa shape index (κ3) is 9.48. The summed E-state index contributed by atoms with van der Waals surface area (Å²) < 4.78 is 0. The van der Waals surface area contributed by atoms with Crippen molar-refractivity contribution in [1.29, 1.82) is 0 Å². The van der Waals surface area contributed by atoms with Crippen LogP contribution in [0.4, 0.5) is 0 Å². The van der Waals surface area contributed by atoms with E-state index < -0.39 is 17.2 Å². The quantitative estimate of drug-likeness (QED) is 0.211. The second kappa shape index (κ2) is 12.7. The van der Waals surface area contributed by atoms with Gasteiger partial charge in [0.25, 0.3) is 0 Å². The first kappa shape index (κ1) is 24.6. The molecule has 0 fully saturated rings. The molecule has 0 heterocycles. The molecule has 0 amide bonds. The Kier molecular flexibility index (Phi) is 14.2. The molecule has 5 nitrogen and oxygen atoms in total. The minimum Gasteiger partial charge on any atom is -0.480 e. The van der Waals surface area contributed by atoms with Crippen molar-refractivity contribution in [1.82, 2.24) is 0 Å². The van der Waals surface area contributed by atoms with Crippen LogP contribution in [-0.4, -0.2) is 22.3 Å². The van der Waals surface area contributed by atoms with Crippen molar-refractivity contribution in [3.63, 3.8) is 0 Å². The zero-order valence-corrected chi connectivity index (χ0v) is 16.9. The standard InChI is InChI=1S/C16H35N3O2.Na/c1-3-4-5-6-7-8-9-10-11-12-13-16(19,14(20)21)15(2,17)18;/h3-13,17-19H2,1-2H3,(H,20,21);/q;+1. The maximum atomic E-state index is 11.3. The molecule has 0 saturated carbocycles. The van der Waals surface area contributed by atoms with Gasteiger partial charge in [0.2, 0.25) is 0 Å². The van der Waals surface area contributed by atoms with Gasteiger partial charge < -0.3 is 22.3 Å². The van der Waals surface area contributed by atoms with E-state index in [1.54, 1.807) is 0 Å². The first-order valence-corrected chi connectivity index (χ1v) is 8.35. The number of hydrogen-bond acceptors (Lipinski definition) is 4. The molecule has 1 atom stereocenters. The molecule has 0 aliphatic heterocycles. The summed E-state index contributed by atoms with van der Waals surface area (Å²) in [6, 6.07) is 0. The number of carboxylic acid groups (broad SMARTS) is 1. The summed E-state index contributed by atoms with van der Waals surface area (Å²) in [4.78, 5) is 11.3. The second-order valence-corrected chi connectivity index (χ2v) is 6.49. The van der Waals surface area contributed by atoms with Crippen LogP contribution in [0.2, 0.25) is 0 Å². The molecule has 7 N–H and O–H groups in total. The molecule has 0 radical (unpaired) electrons. The van der Waals surface area contributed by atoms with Crippen molar-refractivity contribution in [3.8, 4) is 0 Å². The minimum absolute atomic E-state index is 0. The van der Waals surface area contributed by atoms with Crippen LogP contribution in [0.3, 0.4) is 0 Å². The Bertz CT molecular complexity index is 296. The number of hydrogen-bond donors (Lipinski definition) is 4. The van der Waals surface area contributed by atoms with E-state index in [1.165, 1.54) is 51.9 Å². The first-order chi connectivity index (χ1) is 9.75. The zero-order valence-electron chi connectivity index (χ0n) is 14.9. The largest absolute Gasteiger partial charge is 1.00 e. The number of rotatable bonds is 13. The van der Waals surface area contributed by atoms with E-state index in [1.807, 2.05) is 0 Å². The molecule has 0 bridgehead atoms. The van der Waals surface area contributed by atoms with Crippen LogP contribution in [0.15, 0.2) is 0 Å². The van der Waals surface area contributed by atoms with E-state index >= 15 is 0 Å². The van der Waals surface area contributed by atoms with Crippen LogP contribution in [-0.2, 0) is 4.79 Å². The summed E-state index contributed by atoms with van der Waals surface area (Å²) in [6.45, 7) is 3.69. The average Bonchev–Trinajstić information content (AvgIpc) is 2.39. The van der Waals surface area contributed by atoms with E-state index in [9.17, 15) is 9.90 Å². The molecule has 0 aliphatic rings. The van der Waals surface area contributed by atoms with Crippen LogP contribution in [0, 0.1) is 0 Å². The fraction of sp³-hybridized carbons (Fsp3) is 0.938. The van der Waals surface area contributed by atoms with Crippen molar-refractivity contribution < 1.29 is 39.5 Å². The van der Waals surface area contributed by atoms with Gasteiger partial charge in [0.1, 0.15) is 5.54 Å². The predicted molar refractivity (Wildman–Crippen MR) is 87.8 cm³/mol. The molecule has 6 heteroatoms. The third-order valence-corrected chi connectivity index (χ3v) is 4.27. The molecule has 0 spiro atoms. The Morgan fingerprint density at radius 1 is 0.864 bits per heavy atom. The monoisotopic (exact) mass is 324 g/mol. The molecule has 0 aromatic carbocycles. The van der Waals surface area contributed by atoms with Gasteiger partial charge in [-0.05, 0) is 13.3 Å². The van der Waals surface area contributed by atoms with Crippen molar-refractivity contribution >= 4 is 5.97 Å². The van der Waals surface area contributed by atoms with Gasteiger partial charge in [-0.15, -0.1) is 0 Å². The number of carbonyl (C=O) groups is 1. The SMILES string of the molecule is CCCCCCCCCCCCC(N)(C(=O)O)C(C)(N)N.[Na+]. The fourth-order valence-corrected chi connectivity index (χ4v) is 2.50. The van der Waals surface area contributed by atoms with Crippen molar-refractivity contribution in [2.45, 2.75) is 95.7 Å². The molecule has 1 unspecified atom stereocenters. The van der Waals surface area contributed by atoms with Crippen LogP contribution in [0.1, 0.15) is 84.5 Å². The summed E-state index contributed by atoms with van der Waals surface area (Å²) in [7, 11) is 0. The summed E-state index contributed by atoms with van der Waals surface area (Å²) in [5.74, 6) is -1.12. The summed E-state index contributed by atoms with van der Waals surface area (Å²) in [6.07, 6.45) is 12.3. The van der Waals surface area contributed by atoms with Crippen LogP contribution in [0.25, 0.3) is 0 Å². The van der Waals surface area contributed by atoms with Crippen LogP contribution in [0.5, 0.6) is 0 Å². The normalized spacial score (nSPS) is 14.2. The maximum absolute atomic E-state index is 11.3. The van der Waals surface area contributed by atoms with Gasteiger partial charge in [-0.25, -0.2) is 0 Å². The number of unbranched alkanes of at least 4 members (excludes halogenated alkanes) is 9. The summed E-state index contributed by atoms with van der Waals surface area (Å²) in [5.41, 5.74) is 14.3. The number of aliphatic carboxylic acids is 1. The number of carboxylic acids is 1. The fourth-order valence-electron chi connectivity index (χ4n) is 2.50. The van der Waals surface area contributed by atoms with Gasteiger partial charge >= 0.3 is 35.5 Å². The Balaban J connectivity index is 0. The molecule has 0 saturated heterocycles. The van der Waals surface area contributed by atoms with E-state index in [0.717, 1.165) is 19.3 Å². The third-order valence-electron chi connectivity index (χ3n) is 4.27. The van der Waals surface area contributed by atoms with E-state index in [4.69, 9.17) is 17.2 Å². The predicted octanol–water partition coefficient (Wildman–Crippen LogP) is -0.283. The maximum Gasteiger partial charge on any atom is 1.00 e. The Morgan fingerprint density at radius 3 is 1.55 bits per heavy atom. The molecule has 0 rings (SSSR count). The van der Waals surface area contributed by atoms with Gasteiger partial charge in [0, 0.05) is 0 Å². The minimum atomic E-state index is -1.55. The molecular weight excluding hydrogens is 289 g/mol. The van der Waals surface area contributed by atoms with Crippen molar-refractivity contribution in [3.05, 3.63) is 0 Å². The molecule has 0 aromatic rings.